The van der Waals surface area contributed by atoms with E-state index in [0.717, 1.165) is 12.8 Å². The van der Waals surface area contributed by atoms with Crippen LogP contribution in [0.15, 0.2) is 0 Å². The van der Waals surface area contributed by atoms with Crippen LogP contribution in [0.2, 0.25) is 0 Å². The summed E-state index contributed by atoms with van der Waals surface area (Å²) in [6, 6.07) is 0. The number of halogens is 1. The minimum Gasteiger partial charge on any atom is -0.343 e. The number of unbranched alkanes of at least 4 members (excludes halogenated alkanes) is 29. The van der Waals surface area contributed by atoms with E-state index in [9.17, 15) is 0 Å². The van der Waals surface area contributed by atoms with Crippen molar-refractivity contribution in [3.63, 3.8) is 0 Å². The number of alkyl halides is 1. The van der Waals surface area contributed by atoms with E-state index < -0.39 is 0 Å². The molecule has 1 atom stereocenters. The first-order valence-electron chi connectivity index (χ1n) is 17.9. The normalized spacial score (nSPS) is 11.9. The highest BCUT2D eigenvalue weighted by Gasteiger charge is 1.99. The zero-order chi connectivity index (χ0) is 28.2. The molecule has 0 saturated heterocycles. The first-order chi connectivity index (χ1) is 18.7. The van der Waals surface area contributed by atoms with Crippen LogP contribution in [-0.4, -0.2) is 5.50 Å². The van der Waals surface area contributed by atoms with Crippen LogP contribution in [0.1, 0.15) is 219 Å². The Hall–Kier alpha value is 0.250. The molecule has 0 heterocycles. The lowest BCUT2D eigenvalue weighted by molar-refractivity contribution is -0.390. The van der Waals surface area contributed by atoms with Crippen molar-refractivity contribution >= 4 is 11.6 Å². The fraction of sp³-hybridized carbons (Fsp3) is 0.972. The summed E-state index contributed by atoms with van der Waals surface area (Å²) in [7, 11) is 0. The molecule has 0 fully saturated rings. The minimum atomic E-state index is 0.122. The second kappa shape index (κ2) is 39.4. The summed E-state index contributed by atoms with van der Waals surface area (Å²) >= 11 is 5.82. The third-order valence-corrected chi connectivity index (χ3v) is 8.19. The zero-order valence-corrected chi connectivity index (χ0v) is 27.8. The van der Waals surface area contributed by atoms with Crippen molar-refractivity contribution in [1.29, 1.82) is 0 Å². The smallest absolute Gasteiger partial charge is 0.160 e. The van der Waals surface area contributed by atoms with E-state index in [1.54, 1.807) is 0 Å². The molecule has 0 bridgehead atoms. The fourth-order valence-corrected chi connectivity index (χ4v) is 5.44. The summed E-state index contributed by atoms with van der Waals surface area (Å²) in [5.41, 5.74) is 3.93. The van der Waals surface area contributed by atoms with Crippen LogP contribution < -0.4 is 5.73 Å². The molecule has 0 aliphatic heterocycles. The Morgan fingerprint density at radius 2 is 0.605 bits per heavy atom. The average Bonchev–Trinajstić information content (AvgIpc) is 2.91. The Labute approximate surface area is 248 Å². The van der Waals surface area contributed by atoms with Gasteiger partial charge in [0.1, 0.15) is 0 Å². The summed E-state index contributed by atoms with van der Waals surface area (Å²) in [6.07, 6.45) is 45.2. The molecule has 232 valence electrons. The van der Waals surface area contributed by atoms with E-state index in [2.05, 4.69) is 26.5 Å². The second-order valence-electron chi connectivity index (χ2n) is 12.1. The predicted molar refractivity (Wildman–Crippen MR) is 177 cm³/mol. The van der Waals surface area contributed by atoms with Crippen molar-refractivity contribution in [3.8, 4) is 0 Å². The molecule has 0 aromatic rings. The number of rotatable bonds is 31. The standard InChI is InChI=1S/C18H38ClN.C18H37/c1-2-3-4-5-6-7-8-9-10-11-12-13-14-15-16-17-18(19)20;1-3-5-7-9-11-13-15-17-18-16-14-12-10-8-6-4-2/h18H,2-17,20H2,1H3;1,3-18H2,2H3/q;-1/p+1. The van der Waals surface area contributed by atoms with Crippen molar-refractivity contribution in [2.75, 3.05) is 0 Å². The minimum absolute atomic E-state index is 0.122. The third kappa shape index (κ3) is 43.3. The zero-order valence-electron chi connectivity index (χ0n) is 27.0. The molecule has 0 saturated carbocycles. The molecule has 1 nitrogen and oxygen atoms in total. The summed E-state index contributed by atoms with van der Waals surface area (Å²) in [5, 5.41) is 0. The van der Waals surface area contributed by atoms with Gasteiger partial charge in [0, 0.05) is 6.42 Å². The van der Waals surface area contributed by atoms with Crippen LogP contribution in [0.3, 0.4) is 0 Å². The van der Waals surface area contributed by atoms with Crippen molar-refractivity contribution in [1.82, 2.24) is 0 Å². The SMILES string of the molecule is CCCCCCCCCCCCCCCCCC([NH3+])Cl.[CH2-]CCCCCCCCCCCCCCCCC. The highest BCUT2D eigenvalue weighted by Crippen LogP contribution is 2.15. The van der Waals surface area contributed by atoms with Gasteiger partial charge in [-0.15, -0.1) is 0 Å². The monoisotopic (exact) mass is 558 g/mol. The summed E-state index contributed by atoms with van der Waals surface area (Å²) in [5.74, 6) is 0. The van der Waals surface area contributed by atoms with Crippen LogP contribution in [0.4, 0.5) is 0 Å². The molecule has 0 aromatic heterocycles. The fourth-order valence-electron chi connectivity index (χ4n) is 5.29. The van der Waals surface area contributed by atoms with Crippen LogP contribution in [0, 0.1) is 6.92 Å². The van der Waals surface area contributed by atoms with E-state index in [-0.39, 0.29) is 5.50 Å². The van der Waals surface area contributed by atoms with Gasteiger partial charge >= 0.3 is 0 Å². The maximum Gasteiger partial charge on any atom is 0.160 e. The summed E-state index contributed by atoms with van der Waals surface area (Å²) in [6.45, 7) is 8.46. The van der Waals surface area contributed by atoms with Gasteiger partial charge in [-0.2, -0.15) is 6.42 Å². The maximum absolute atomic E-state index is 5.82. The molecule has 0 radical (unpaired) electrons. The third-order valence-electron chi connectivity index (χ3n) is 7.97. The van der Waals surface area contributed by atoms with E-state index in [0.29, 0.717) is 0 Å². The second-order valence-corrected chi connectivity index (χ2v) is 12.8. The molecule has 0 aliphatic carbocycles. The summed E-state index contributed by atoms with van der Waals surface area (Å²) in [4.78, 5) is 0. The first kappa shape index (κ1) is 40.4. The summed E-state index contributed by atoms with van der Waals surface area (Å²) < 4.78 is 0. The molecular weight excluding hydrogens is 482 g/mol. The van der Waals surface area contributed by atoms with E-state index >= 15 is 0 Å². The van der Waals surface area contributed by atoms with Gasteiger partial charge in [-0.25, -0.2) is 0 Å². The Morgan fingerprint density at radius 1 is 0.395 bits per heavy atom. The van der Waals surface area contributed by atoms with Gasteiger partial charge in [0.2, 0.25) is 0 Å². The van der Waals surface area contributed by atoms with Crippen LogP contribution in [0.25, 0.3) is 0 Å². The quantitative estimate of drug-likeness (QED) is 0.0379. The van der Waals surface area contributed by atoms with Gasteiger partial charge < -0.3 is 12.7 Å². The molecular formula is C36H76ClN. The lowest BCUT2D eigenvalue weighted by Gasteiger charge is -2.03. The lowest BCUT2D eigenvalue weighted by Crippen LogP contribution is -2.57. The van der Waals surface area contributed by atoms with Gasteiger partial charge in [-0.05, 0) is 6.42 Å². The molecule has 0 rings (SSSR count). The largest absolute Gasteiger partial charge is 0.343 e. The molecule has 0 aromatic carbocycles. The number of hydrogen-bond donors (Lipinski definition) is 1. The molecule has 38 heavy (non-hydrogen) atoms. The molecule has 2 heteroatoms. The van der Waals surface area contributed by atoms with Crippen molar-refractivity contribution in [3.05, 3.63) is 6.92 Å². The Bertz CT molecular complexity index is 354. The van der Waals surface area contributed by atoms with Crippen molar-refractivity contribution in [2.24, 2.45) is 0 Å². The highest BCUT2D eigenvalue weighted by molar-refractivity contribution is 6.19. The van der Waals surface area contributed by atoms with E-state index in [1.165, 1.54) is 193 Å². The molecule has 0 amide bonds. The average molecular weight is 558 g/mol. The van der Waals surface area contributed by atoms with Crippen LogP contribution in [0.5, 0.6) is 0 Å². The molecule has 1 unspecified atom stereocenters. The van der Waals surface area contributed by atoms with Crippen LogP contribution >= 0.6 is 11.6 Å². The van der Waals surface area contributed by atoms with Gasteiger partial charge in [-0.1, -0.05) is 212 Å². The van der Waals surface area contributed by atoms with Crippen molar-refractivity contribution < 1.29 is 5.73 Å². The van der Waals surface area contributed by atoms with Gasteiger partial charge in [0.25, 0.3) is 0 Å². The number of quaternary nitrogens is 1. The van der Waals surface area contributed by atoms with E-state index in [1.807, 2.05) is 0 Å². The van der Waals surface area contributed by atoms with Crippen LogP contribution in [-0.2, 0) is 0 Å². The van der Waals surface area contributed by atoms with E-state index in [4.69, 9.17) is 11.6 Å². The molecule has 0 spiro atoms. The van der Waals surface area contributed by atoms with Gasteiger partial charge in [-0.3, -0.25) is 0 Å². The highest BCUT2D eigenvalue weighted by atomic mass is 35.5. The van der Waals surface area contributed by atoms with Gasteiger partial charge in [0.15, 0.2) is 5.50 Å². The Kier molecular flexibility index (Phi) is 41.9. The topological polar surface area (TPSA) is 27.6 Å². The first-order valence-corrected chi connectivity index (χ1v) is 18.4. The Morgan fingerprint density at radius 3 is 0.816 bits per heavy atom. The Balaban J connectivity index is 0. The van der Waals surface area contributed by atoms with Crippen molar-refractivity contribution in [2.45, 2.75) is 225 Å². The van der Waals surface area contributed by atoms with Gasteiger partial charge in [0.05, 0.1) is 0 Å². The maximum atomic E-state index is 5.82. The predicted octanol–water partition coefficient (Wildman–Crippen LogP) is 13.1. The lowest BCUT2D eigenvalue weighted by atomic mass is 10.0. The molecule has 0 aliphatic rings. The molecule has 3 N–H and O–H groups in total. The number of hydrogen-bond acceptors (Lipinski definition) is 0.